The molecule has 3 aromatic rings. The van der Waals surface area contributed by atoms with Crippen LogP contribution in [0.15, 0.2) is 47.0 Å². The number of amides is 1. The van der Waals surface area contributed by atoms with Crippen molar-refractivity contribution in [2.75, 3.05) is 6.54 Å². The minimum atomic E-state index is -0.338. The van der Waals surface area contributed by atoms with Gasteiger partial charge in [0.25, 0.3) is 5.91 Å². The number of halogens is 3. The third-order valence-corrected chi connectivity index (χ3v) is 5.05. The standard InChI is InChI=1S/C19H14Cl2FN3O2/c20-12-5-8-14(15(21)10-12)19(26)25-9-1-2-16(25)18-23-17(24-27-18)11-3-6-13(22)7-4-11/h3-8,10,16H,1-2,9H2. The van der Waals surface area contributed by atoms with Gasteiger partial charge < -0.3 is 9.42 Å². The van der Waals surface area contributed by atoms with E-state index in [1.807, 2.05) is 0 Å². The summed E-state index contributed by atoms with van der Waals surface area (Å²) < 4.78 is 18.5. The number of likely N-dealkylation sites (tertiary alicyclic amines) is 1. The largest absolute Gasteiger partial charge is 0.337 e. The molecular formula is C19H14Cl2FN3O2. The van der Waals surface area contributed by atoms with Crippen LogP contribution in [-0.4, -0.2) is 27.5 Å². The summed E-state index contributed by atoms with van der Waals surface area (Å²) in [7, 11) is 0. The second-order valence-corrected chi connectivity index (χ2v) is 7.09. The van der Waals surface area contributed by atoms with E-state index in [1.165, 1.54) is 12.1 Å². The molecule has 2 aromatic carbocycles. The molecule has 1 atom stereocenters. The lowest BCUT2D eigenvalue weighted by molar-refractivity contribution is 0.0710. The van der Waals surface area contributed by atoms with E-state index in [0.29, 0.717) is 45.9 Å². The molecule has 0 spiro atoms. The molecule has 0 N–H and O–H groups in total. The predicted octanol–water partition coefficient (Wildman–Crippen LogP) is 5.16. The molecule has 1 unspecified atom stereocenters. The average Bonchev–Trinajstić information content (AvgIpc) is 3.31. The molecule has 1 fully saturated rings. The van der Waals surface area contributed by atoms with E-state index in [4.69, 9.17) is 27.7 Å². The first-order valence-corrected chi connectivity index (χ1v) is 9.14. The van der Waals surface area contributed by atoms with Gasteiger partial charge in [-0.25, -0.2) is 4.39 Å². The summed E-state index contributed by atoms with van der Waals surface area (Å²) in [4.78, 5) is 19.0. The Balaban J connectivity index is 1.60. The first-order valence-electron chi connectivity index (χ1n) is 8.38. The number of nitrogens with zero attached hydrogens (tertiary/aromatic N) is 3. The lowest BCUT2D eigenvalue weighted by Gasteiger charge is -2.22. The molecule has 1 saturated heterocycles. The quantitative estimate of drug-likeness (QED) is 0.603. The van der Waals surface area contributed by atoms with E-state index in [0.717, 1.165) is 6.42 Å². The van der Waals surface area contributed by atoms with Gasteiger partial charge in [0.15, 0.2) is 0 Å². The number of carbonyl (C=O) groups excluding carboxylic acids is 1. The topological polar surface area (TPSA) is 59.2 Å². The third-order valence-electron chi connectivity index (χ3n) is 4.50. The van der Waals surface area contributed by atoms with E-state index in [9.17, 15) is 9.18 Å². The van der Waals surface area contributed by atoms with Crippen LogP contribution in [0.3, 0.4) is 0 Å². The molecular weight excluding hydrogens is 392 g/mol. The molecule has 1 aliphatic heterocycles. The van der Waals surface area contributed by atoms with E-state index in [-0.39, 0.29) is 17.8 Å². The maximum Gasteiger partial charge on any atom is 0.256 e. The van der Waals surface area contributed by atoms with Crippen LogP contribution < -0.4 is 0 Å². The van der Waals surface area contributed by atoms with E-state index >= 15 is 0 Å². The molecule has 0 radical (unpaired) electrons. The van der Waals surface area contributed by atoms with Crippen LogP contribution in [0.4, 0.5) is 4.39 Å². The molecule has 1 amide bonds. The third kappa shape index (κ3) is 3.55. The number of rotatable bonds is 3. The highest BCUT2D eigenvalue weighted by molar-refractivity contribution is 6.36. The minimum Gasteiger partial charge on any atom is -0.337 e. The zero-order chi connectivity index (χ0) is 19.0. The van der Waals surface area contributed by atoms with Crippen LogP contribution in [0.5, 0.6) is 0 Å². The van der Waals surface area contributed by atoms with E-state index in [2.05, 4.69) is 10.1 Å². The van der Waals surface area contributed by atoms with Crippen LogP contribution in [0.2, 0.25) is 10.0 Å². The summed E-state index contributed by atoms with van der Waals surface area (Å²) >= 11 is 12.1. The molecule has 2 heterocycles. The highest BCUT2D eigenvalue weighted by Crippen LogP contribution is 2.34. The number of carbonyl (C=O) groups is 1. The smallest absolute Gasteiger partial charge is 0.256 e. The molecule has 1 aromatic heterocycles. The SMILES string of the molecule is O=C(c1ccc(Cl)cc1Cl)N1CCCC1c1nc(-c2ccc(F)cc2)no1. The van der Waals surface area contributed by atoms with Gasteiger partial charge >= 0.3 is 0 Å². The Morgan fingerprint density at radius 3 is 2.70 bits per heavy atom. The lowest BCUT2D eigenvalue weighted by atomic mass is 10.1. The molecule has 8 heteroatoms. The van der Waals surface area contributed by atoms with Gasteiger partial charge in [0.2, 0.25) is 11.7 Å². The van der Waals surface area contributed by atoms with Crippen molar-refractivity contribution >= 4 is 29.1 Å². The molecule has 0 saturated carbocycles. The van der Waals surface area contributed by atoms with Crippen LogP contribution in [0.1, 0.15) is 35.1 Å². The summed E-state index contributed by atoms with van der Waals surface area (Å²) in [6, 6.07) is 10.3. The Kier molecular flexibility index (Phi) is 4.85. The van der Waals surface area contributed by atoms with Gasteiger partial charge in [0.1, 0.15) is 11.9 Å². The number of benzene rings is 2. The number of aromatic nitrogens is 2. The fourth-order valence-corrected chi connectivity index (χ4v) is 3.66. The number of hydrogen-bond donors (Lipinski definition) is 0. The second kappa shape index (κ2) is 7.29. The van der Waals surface area contributed by atoms with Gasteiger partial charge in [-0.05, 0) is 55.3 Å². The van der Waals surface area contributed by atoms with Crippen LogP contribution in [0, 0.1) is 5.82 Å². The molecule has 1 aliphatic rings. The van der Waals surface area contributed by atoms with Crippen LogP contribution >= 0.6 is 23.2 Å². The summed E-state index contributed by atoms with van der Waals surface area (Å²) in [6.07, 6.45) is 1.53. The zero-order valence-electron chi connectivity index (χ0n) is 14.0. The van der Waals surface area contributed by atoms with Gasteiger partial charge in [-0.2, -0.15) is 4.98 Å². The molecule has 0 aliphatic carbocycles. The highest BCUT2D eigenvalue weighted by atomic mass is 35.5. The minimum absolute atomic E-state index is 0.208. The Bertz CT molecular complexity index is 991. The van der Waals surface area contributed by atoms with Crippen LogP contribution in [0.25, 0.3) is 11.4 Å². The summed E-state index contributed by atoms with van der Waals surface area (Å²) in [5, 5.41) is 4.74. The fourth-order valence-electron chi connectivity index (χ4n) is 3.17. The van der Waals surface area contributed by atoms with Crippen molar-refractivity contribution in [3.8, 4) is 11.4 Å². The van der Waals surface area contributed by atoms with Gasteiger partial charge in [0.05, 0.1) is 10.6 Å². The van der Waals surface area contributed by atoms with Gasteiger partial charge in [-0.3, -0.25) is 4.79 Å². The first-order chi connectivity index (χ1) is 13.0. The maximum absolute atomic E-state index is 13.1. The Labute approximate surface area is 164 Å². The van der Waals surface area contributed by atoms with E-state index in [1.54, 1.807) is 35.2 Å². The van der Waals surface area contributed by atoms with E-state index < -0.39 is 0 Å². The average molecular weight is 406 g/mol. The van der Waals surface area contributed by atoms with Crippen molar-refractivity contribution in [2.45, 2.75) is 18.9 Å². The summed E-state index contributed by atoms with van der Waals surface area (Å²) in [5.74, 6) is 0.162. The molecule has 4 rings (SSSR count). The molecule has 0 bridgehead atoms. The Hall–Kier alpha value is -2.44. The van der Waals surface area contributed by atoms with Gasteiger partial charge in [-0.15, -0.1) is 0 Å². The normalized spacial score (nSPS) is 16.7. The van der Waals surface area contributed by atoms with Crippen molar-refractivity contribution in [3.05, 3.63) is 69.8 Å². The molecule has 5 nitrogen and oxygen atoms in total. The van der Waals surface area contributed by atoms with Crippen LogP contribution in [-0.2, 0) is 0 Å². The highest BCUT2D eigenvalue weighted by Gasteiger charge is 2.35. The molecule has 27 heavy (non-hydrogen) atoms. The van der Waals surface area contributed by atoms with Gasteiger partial charge in [0, 0.05) is 17.1 Å². The second-order valence-electron chi connectivity index (χ2n) is 6.24. The van der Waals surface area contributed by atoms with Crippen molar-refractivity contribution in [3.63, 3.8) is 0 Å². The fraction of sp³-hybridized carbons (Fsp3) is 0.211. The van der Waals surface area contributed by atoms with Gasteiger partial charge in [-0.1, -0.05) is 28.4 Å². The summed E-state index contributed by atoms with van der Waals surface area (Å²) in [5.41, 5.74) is 1.02. The maximum atomic E-state index is 13.1. The van der Waals surface area contributed by atoms with Crippen molar-refractivity contribution in [1.29, 1.82) is 0 Å². The Morgan fingerprint density at radius 2 is 1.96 bits per heavy atom. The monoisotopic (exact) mass is 405 g/mol. The Morgan fingerprint density at radius 1 is 1.19 bits per heavy atom. The molecule has 138 valence electrons. The summed E-state index contributed by atoms with van der Waals surface area (Å²) in [6.45, 7) is 0.566. The number of hydrogen-bond acceptors (Lipinski definition) is 4. The predicted molar refractivity (Wildman–Crippen MR) is 99.2 cm³/mol. The van der Waals surface area contributed by atoms with Crippen molar-refractivity contribution < 1.29 is 13.7 Å². The first kappa shape index (κ1) is 17.9. The zero-order valence-corrected chi connectivity index (χ0v) is 15.5. The van der Waals surface area contributed by atoms with Crippen molar-refractivity contribution in [2.24, 2.45) is 0 Å². The lowest BCUT2D eigenvalue weighted by Crippen LogP contribution is -2.31. The van der Waals surface area contributed by atoms with Crippen molar-refractivity contribution in [1.82, 2.24) is 15.0 Å².